The van der Waals surface area contributed by atoms with Crippen molar-refractivity contribution in [2.75, 3.05) is 26.2 Å². The molecular formula is C17H20BrClN2O3. The number of hydrogen-bond donors (Lipinski definition) is 0. The van der Waals surface area contributed by atoms with Crippen molar-refractivity contribution in [1.82, 2.24) is 9.80 Å². The van der Waals surface area contributed by atoms with Gasteiger partial charge in [0.2, 0.25) is 5.91 Å². The summed E-state index contributed by atoms with van der Waals surface area (Å²) in [5.41, 5.74) is 0. The lowest BCUT2D eigenvalue weighted by Gasteiger charge is -2.36. The molecular weight excluding hydrogens is 396 g/mol. The van der Waals surface area contributed by atoms with Gasteiger partial charge in [-0.05, 0) is 53.9 Å². The quantitative estimate of drug-likeness (QED) is 0.760. The maximum atomic E-state index is 12.6. The molecule has 1 saturated heterocycles. The van der Waals surface area contributed by atoms with E-state index in [9.17, 15) is 9.59 Å². The number of ether oxygens (including phenoxy) is 1. The third-order valence-corrected chi connectivity index (χ3v) is 5.23. The molecule has 2 aliphatic rings. The molecule has 0 bridgehead atoms. The van der Waals surface area contributed by atoms with Crippen LogP contribution in [0.15, 0.2) is 22.7 Å². The van der Waals surface area contributed by atoms with Crippen LogP contribution in [-0.2, 0) is 9.59 Å². The summed E-state index contributed by atoms with van der Waals surface area (Å²) < 4.78 is 6.48. The Morgan fingerprint density at radius 2 is 1.83 bits per heavy atom. The summed E-state index contributed by atoms with van der Waals surface area (Å²) in [4.78, 5) is 28.3. The van der Waals surface area contributed by atoms with Gasteiger partial charge in [0.1, 0.15) is 5.75 Å². The molecule has 1 heterocycles. The lowest BCUT2D eigenvalue weighted by Crippen LogP contribution is -2.53. The monoisotopic (exact) mass is 414 g/mol. The summed E-state index contributed by atoms with van der Waals surface area (Å²) in [5.74, 6) is 1.01. The van der Waals surface area contributed by atoms with Gasteiger partial charge >= 0.3 is 0 Å². The van der Waals surface area contributed by atoms with E-state index in [4.69, 9.17) is 16.3 Å². The lowest BCUT2D eigenvalue weighted by molar-refractivity contribution is -0.144. The molecule has 1 aliphatic heterocycles. The number of carbonyl (C=O) groups is 2. The number of carbonyl (C=O) groups excluding carboxylic acids is 2. The van der Waals surface area contributed by atoms with Crippen LogP contribution in [0.5, 0.6) is 5.75 Å². The Kier molecular flexibility index (Phi) is 5.35. The highest BCUT2D eigenvalue weighted by Crippen LogP contribution is 2.31. The van der Waals surface area contributed by atoms with Crippen LogP contribution in [0.25, 0.3) is 0 Å². The van der Waals surface area contributed by atoms with Gasteiger partial charge in [-0.25, -0.2) is 0 Å². The largest absolute Gasteiger partial charge is 0.480 e. The summed E-state index contributed by atoms with van der Waals surface area (Å²) in [7, 11) is 0. The first-order valence-corrected chi connectivity index (χ1v) is 9.32. The molecule has 7 heteroatoms. The Hall–Kier alpha value is -1.27. The Morgan fingerprint density at radius 3 is 2.42 bits per heavy atom. The van der Waals surface area contributed by atoms with Gasteiger partial charge in [-0.2, -0.15) is 0 Å². The van der Waals surface area contributed by atoms with Gasteiger partial charge in [0.05, 0.1) is 4.47 Å². The topological polar surface area (TPSA) is 49.9 Å². The predicted octanol–water partition coefficient (Wildman–Crippen LogP) is 2.95. The zero-order valence-corrected chi connectivity index (χ0v) is 15.8. The summed E-state index contributed by atoms with van der Waals surface area (Å²) in [6.45, 7) is 4.08. The van der Waals surface area contributed by atoms with Crippen LogP contribution in [0.2, 0.25) is 5.02 Å². The van der Waals surface area contributed by atoms with Gasteiger partial charge in [-0.3, -0.25) is 9.59 Å². The summed E-state index contributed by atoms with van der Waals surface area (Å²) >= 11 is 9.30. The maximum Gasteiger partial charge on any atom is 0.263 e. The highest BCUT2D eigenvalue weighted by molar-refractivity contribution is 9.10. The standard InChI is InChI=1S/C17H20BrClN2O3/c1-11(24-15-5-4-13(19)10-14(15)18)16(22)20-6-8-21(9-7-20)17(23)12-2-3-12/h4-5,10-12H,2-3,6-9H2,1H3/t11-/m1/s1. The molecule has 24 heavy (non-hydrogen) atoms. The Morgan fingerprint density at radius 1 is 1.21 bits per heavy atom. The SMILES string of the molecule is C[C@@H](Oc1ccc(Cl)cc1Br)C(=O)N1CCN(C(=O)C2CC2)CC1. The highest BCUT2D eigenvalue weighted by atomic mass is 79.9. The van der Waals surface area contributed by atoms with E-state index in [0.717, 1.165) is 17.3 Å². The van der Waals surface area contributed by atoms with Crippen LogP contribution in [0.3, 0.4) is 0 Å². The molecule has 1 aliphatic carbocycles. The lowest BCUT2D eigenvalue weighted by atomic mass is 10.2. The van der Waals surface area contributed by atoms with E-state index in [0.29, 0.717) is 37.0 Å². The fraction of sp³-hybridized carbons (Fsp3) is 0.529. The minimum Gasteiger partial charge on any atom is -0.480 e. The van der Waals surface area contributed by atoms with Crippen LogP contribution < -0.4 is 4.74 Å². The van der Waals surface area contributed by atoms with E-state index < -0.39 is 6.10 Å². The zero-order valence-electron chi connectivity index (χ0n) is 13.5. The summed E-state index contributed by atoms with van der Waals surface area (Å²) in [6.07, 6.45) is 1.44. The molecule has 3 rings (SSSR count). The van der Waals surface area contributed by atoms with Crippen molar-refractivity contribution in [3.8, 4) is 5.75 Å². The Bertz CT molecular complexity index is 643. The van der Waals surface area contributed by atoms with Gasteiger partial charge in [0.25, 0.3) is 5.91 Å². The number of nitrogens with zero attached hydrogens (tertiary/aromatic N) is 2. The average molecular weight is 416 g/mol. The van der Waals surface area contributed by atoms with E-state index in [2.05, 4.69) is 15.9 Å². The average Bonchev–Trinajstić information content (AvgIpc) is 3.41. The third-order valence-electron chi connectivity index (χ3n) is 4.38. The van der Waals surface area contributed by atoms with E-state index in [-0.39, 0.29) is 17.7 Å². The molecule has 0 aromatic heterocycles. The molecule has 1 atom stereocenters. The zero-order chi connectivity index (χ0) is 17.3. The molecule has 0 radical (unpaired) electrons. The van der Waals surface area contributed by atoms with Gasteiger partial charge < -0.3 is 14.5 Å². The Balaban J connectivity index is 1.53. The molecule has 5 nitrogen and oxygen atoms in total. The van der Waals surface area contributed by atoms with Crippen LogP contribution in [-0.4, -0.2) is 53.9 Å². The van der Waals surface area contributed by atoms with Gasteiger partial charge in [0, 0.05) is 37.1 Å². The molecule has 0 unspecified atom stereocenters. The van der Waals surface area contributed by atoms with Crippen molar-refractivity contribution < 1.29 is 14.3 Å². The number of rotatable bonds is 4. The number of halogens is 2. The van der Waals surface area contributed by atoms with Crippen LogP contribution in [0.1, 0.15) is 19.8 Å². The second-order valence-corrected chi connectivity index (χ2v) is 7.55. The number of benzene rings is 1. The smallest absolute Gasteiger partial charge is 0.263 e. The van der Waals surface area contributed by atoms with E-state index in [1.54, 1.807) is 30.0 Å². The molecule has 0 N–H and O–H groups in total. The molecule has 2 amide bonds. The number of hydrogen-bond acceptors (Lipinski definition) is 3. The van der Waals surface area contributed by atoms with E-state index >= 15 is 0 Å². The molecule has 2 fully saturated rings. The van der Waals surface area contributed by atoms with Crippen molar-refractivity contribution >= 4 is 39.3 Å². The minimum atomic E-state index is -0.590. The second kappa shape index (κ2) is 7.31. The molecule has 1 saturated carbocycles. The minimum absolute atomic E-state index is 0.0598. The van der Waals surface area contributed by atoms with Crippen molar-refractivity contribution in [3.63, 3.8) is 0 Å². The fourth-order valence-corrected chi connectivity index (χ4v) is 3.58. The fourth-order valence-electron chi connectivity index (χ4n) is 2.80. The van der Waals surface area contributed by atoms with Gasteiger partial charge in [-0.15, -0.1) is 0 Å². The van der Waals surface area contributed by atoms with Crippen LogP contribution in [0.4, 0.5) is 0 Å². The maximum absolute atomic E-state index is 12.6. The first kappa shape index (κ1) is 17.5. The third kappa shape index (κ3) is 4.03. The van der Waals surface area contributed by atoms with Crippen LogP contribution in [0, 0.1) is 5.92 Å². The first-order valence-electron chi connectivity index (χ1n) is 8.15. The highest BCUT2D eigenvalue weighted by Gasteiger charge is 2.35. The number of piperazine rings is 1. The summed E-state index contributed by atoms with van der Waals surface area (Å²) in [5, 5.41) is 0.602. The first-order chi connectivity index (χ1) is 11.5. The van der Waals surface area contributed by atoms with Crippen LogP contribution >= 0.6 is 27.5 Å². The van der Waals surface area contributed by atoms with Crippen molar-refractivity contribution in [2.45, 2.75) is 25.9 Å². The van der Waals surface area contributed by atoms with Crippen molar-refractivity contribution in [3.05, 3.63) is 27.7 Å². The normalized spacial score (nSPS) is 19.1. The van der Waals surface area contributed by atoms with Crippen molar-refractivity contribution in [1.29, 1.82) is 0 Å². The summed E-state index contributed by atoms with van der Waals surface area (Å²) in [6, 6.07) is 5.19. The molecule has 1 aromatic rings. The molecule has 1 aromatic carbocycles. The second-order valence-electron chi connectivity index (χ2n) is 6.26. The molecule has 0 spiro atoms. The molecule has 130 valence electrons. The Labute approximate surface area is 155 Å². The number of amides is 2. The van der Waals surface area contributed by atoms with Gasteiger partial charge in [0.15, 0.2) is 6.10 Å². The van der Waals surface area contributed by atoms with E-state index in [1.807, 2.05) is 4.90 Å². The van der Waals surface area contributed by atoms with Crippen molar-refractivity contribution in [2.24, 2.45) is 5.92 Å². The predicted molar refractivity (Wildman–Crippen MR) is 95.1 cm³/mol. The van der Waals surface area contributed by atoms with Gasteiger partial charge in [-0.1, -0.05) is 11.6 Å². The van der Waals surface area contributed by atoms with E-state index in [1.165, 1.54) is 0 Å².